The molecule has 0 unspecified atom stereocenters. The van der Waals surface area contributed by atoms with Crippen molar-refractivity contribution < 1.29 is 9.59 Å². The van der Waals surface area contributed by atoms with E-state index in [2.05, 4.69) is 20.2 Å². The topological polar surface area (TPSA) is 81.7 Å². The summed E-state index contributed by atoms with van der Waals surface area (Å²) in [4.78, 5) is 40.0. The van der Waals surface area contributed by atoms with E-state index in [-0.39, 0.29) is 35.4 Å². The summed E-state index contributed by atoms with van der Waals surface area (Å²) < 4.78 is 0. The first-order chi connectivity index (χ1) is 12.9. The van der Waals surface area contributed by atoms with Crippen molar-refractivity contribution in [2.24, 2.45) is 11.8 Å². The van der Waals surface area contributed by atoms with E-state index in [4.69, 9.17) is 0 Å². The first kappa shape index (κ1) is 18.0. The average molecular weight is 372 g/mol. The third kappa shape index (κ3) is 2.91. The molecule has 3 aliphatic heterocycles. The zero-order valence-electron chi connectivity index (χ0n) is 16.3. The number of nitrogens with one attached hydrogen (secondary N) is 1. The van der Waals surface area contributed by atoms with Crippen molar-refractivity contribution in [1.29, 1.82) is 0 Å². The highest BCUT2D eigenvalue weighted by molar-refractivity contribution is 5.84. The summed E-state index contributed by atoms with van der Waals surface area (Å²) in [5, 5.41) is 2.97. The number of nitrogens with zero attached hydrogens (tertiary/aromatic N) is 5. The maximum absolute atomic E-state index is 13.0. The van der Waals surface area contributed by atoms with E-state index in [1.54, 1.807) is 18.5 Å². The van der Waals surface area contributed by atoms with Gasteiger partial charge in [0.25, 0.3) is 0 Å². The van der Waals surface area contributed by atoms with Crippen LogP contribution in [0.25, 0.3) is 0 Å². The second kappa shape index (κ2) is 6.65. The normalized spacial score (nSPS) is 26.8. The van der Waals surface area contributed by atoms with Crippen molar-refractivity contribution in [1.82, 2.24) is 25.1 Å². The number of hydrogen-bond acceptors (Lipinski definition) is 5. The highest BCUT2D eigenvalue weighted by Gasteiger charge is 2.60. The number of likely N-dealkylation sites (tertiary alicyclic amines) is 2. The molecule has 2 atom stereocenters. The molecule has 4 rings (SSSR count). The molecule has 3 saturated heterocycles. The van der Waals surface area contributed by atoms with Crippen LogP contribution in [0.1, 0.15) is 26.7 Å². The van der Waals surface area contributed by atoms with Crippen LogP contribution in [-0.4, -0.2) is 76.5 Å². The maximum Gasteiger partial charge on any atom is 0.317 e. The van der Waals surface area contributed by atoms with Gasteiger partial charge in [-0.2, -0.15) is 0 Å². The number of piperidine rings is 1. The van der Waals surface area contributed by atoms with Gasteiger partial charge in [-0.25, -0.2) is 14.8 Å². The quantitative estimate of drug-likeness (QED) is 0.836. The number of amides is 3. The number of hydrogen-bond donors (Lipinski definition) is 1. The Morgan fingerprint density at radius 1 is 1.22 bits per heavy atom. The number of fused-ring (bicyclic) bond motifs is 2. The van der Waals surface area contributed by atoms with Crippen molar-refractivity contribution in [3.05, 3.63) is 18.5 Å². The minimum atomic E-state index is -0.167. The number of aromatic nitrogens is 2. The van der Waals surface area contributed by atoms with Crippen LogP contribution in [0.15, 0.2) is 18.5 Å². The van der Waals surface area contributed by atoms with Crippen LogP contribution in [0, 0.1) is 11.8 Å². The Morgan fingerprint density at radius 2 is 1.89 bits per heavy atom. The van der Waals surface area contributed by atoms with Crippen LogP contribution in [-0.2, 0) is 4.79 Å². The molecule has 146 valence electrons. The molecule has 1 aromatic rings. The maximum atomic E-state index is 13.0. The molecule has 1 aromatic heterocycles. The van der Waals surface area contributed by atoms with Gasteiger partial charge in [0.15, 0.2) is 0 Å². The number of urea groups is 1. The monoisotopic (exact) mass is 372 g/mol. The van der Waals surface area contributed by atoms with Crippen molar-refractivity contribution in [3.63, 3.8) is 0 Å². The van der Waals surface area contributed by atoms with Gasteiger partial charge in [-0.3, -0.25) is 4.79 Å². The summed E-state index contributed by atoms with van der Waals surface area (Å²) in [5.74, 6) is 1.17. The third-order valence-corrected chi connectivity index (χ3v) is 6.49. The van der Waals surface area contributed by atoms with Crippen molar-refractivity contribution in [2.75, 3.05) is 38.1 Å². The Balaban J connectivity index is 1.50. The molecule has 8 nitrogen and oxygen atoms in total. The Kier molecular flexibility index (Phi) is 4.44. The molecule has 3 amide bonds. The van der Waals surface area contributed by atoms with Gasteiger partial charge >= 0.3 is 6.03 Å². The van der Waals surface area contributed by atoms with Crippen molar-refractivity contribution >= 4 is 17.9 Å². The van der Waals surface area contributed by atoms with Crippen LogP contribution >= 0.6 is 0 Å². The lowest BCUT2D eigenvalue weighted by Gasteiger charge is -2.46. The number of carbonyl (C=O) groups excluding carboxylic acids is 2. The lowest BCUT2D eigenvalue weighted by atomic mass is 9.75. The largest absolute Gasteiger partial charge is 0.340 e. The summed E-state index contributed by atoms with van der Waals surface area (Å²) in [7, 11) is 1.94. The summed E-state index contributed by atoms with van der Waals surface area (Å²) in [6, 6.07) is 1.93. The van der Waals surface area contributed by atoms with Crippen LogP contribution in [0.4, 0.5) is 10.7 Å². The molecule has 0 saturated carbocycles. The molecule has 0 aromatic carbocycles. The number of carbonyl (C=O) groups is 2. The van der Waals surface area contributed by atoms with E-state index in [9.17, 15) is 9.59 Å². The molecule has 0 radical (unpaired) electrons. The van der Waals surface area contributed by atoms with Crippen LogP contribution in [0.2, 0.25) is 0 Å². The minimum absolute atomic E-state index is 0.00477. The van der Waals surface area contributed by atoms with Crippen molar-refractivity contribution in [3.8, 4) is 0 Å². The van der Waals surface area contributed by atoms with E-state index in [1.807, 2.05) is 30.7 Å². The number of rotatable bonds is 2. The van der Waals surface area contributed by atoms with Gasteiger partial charge in [-0.1, -0.05) is 0 Å². The second-order valence-electron chi connectivity index (χ2n) is 8.26. The predicted octanol–water partition coefficient (Wildman–Crippen LogP) is 0.954. The molecule has 3 aliphatic rings. The van der Waals surface area contributed by atoms with Gasteiger partial charge < -0.3 is 20.0 Å². The summed E-state index contributed by atoms with van der Waals surface area (Å²) in [6.07, 6.45) is 5.13. The molecular weight excluding hydrogens is 344 g/mol. The Labute approximate surface area is 159 Å². The fourth-order valence-electron chi connectivity index (χ4n) is 5.07. The standard InChI is InChI=1S/C19H28N6O2/c1-13(2)22-18(27)24-9-5-19(6-10-24)15-12-25(17-20-7-4-8-21-17)11-14(15)16(26)23(19)3/h4,7-8,13-15H,5-6,9-12H2,1-3H3,(H,22,27)/t14-,15+/m1/s1. The smallest absolute Gasteiger partial charge is 0.317 e. The first-order valence-corrected chi connectivity index (χ1v) is 9.77. The zero-order valence-corrected chi connectivity index (χ0v) is 16.3. The van der Waals surface area contributed by atoms with E-state index in [0.29, 0.717) is 25.6 Å². The Morgan fingerprint density at radius 3 is 2.52 bits per heavy atom. The summed E-state index contributed by atoms with van der Waals surface area (Å²) in [6.45, 7) is 6.77. The fourth-order valence-corrected chi connectivity index (χ4v) is 5.07. The molecule has 1 N–H and O–H groups in total. The van der Waals surface area contributed by atoms with E-state index < -0.39 is 0 Å². The van der Waals surface area contributed by atoms with Gasteiger partial charge in [0.05, 0.1) is 11.5 Å². The van der Waals surface area contributed by atoms with E-state index >= 15 is 0 Å². The fraction of sp³-hybridized carbons (Fsp3) is 0.684. The van der Waals surface area contributed by atoms with Crippen LogP contribution < -0.4 is 10.2 Å². The Hall–Kier alpha value is -2.38. The van der Waals surface area contributed by atoms with Gasteiger partial charge in [-0.05, 0) is 32.8 Å². The van der Waals surface area contributed by atoms with Gasteiger partial charge in [0.1, 0.15) is 0 Å². The third-order valence-electron chi connectivity index (χ3n) is 6.49. The van der Waals surface area contributed by atoms with Gasteiger partial charge in [-0.15, -0.1) is 0 Å². The molecule has 27 heavy (non-hydrogen) atoms. The molecule has 0 aliphatic carbocycles. The molecule has 4 heterocycles. The lowest BCUT2D eigenvalue weighted by Crippen LogP contribution is -2.58. The molecule has 0 bridgehead atoms. The Bertz CT molecular complexity index is 716. The average Bonchev–Trinajstić information content (AvgIpc) is 3.19. The minimum Gasteiger partial charge on any atom is -0.340 e. The SMILES string of the molecule is CC(C)NC(=O)N1CCC2(CC1)[C@H]1CN(c3ncccn3)C[C@H]1C(=O)N2C. The molecule has 1 spiro atoms. The molecule has 3 fully saturated rings. The predicted molar refractivity (Wildman–Crippen MR) is 101 cm³/mol. The zero-order chi connectivity index (χ0) is 19.2. The van der Waals surface area contributed by atoms with Gasteiger partial charge in [0.2, 0.25) is 11.9 Å². The molecule has 8 heteroatoms. The summed E-state index contributed by atoms with van der Waals surface area (Å²) in [5.41, 5.74) is -0.167. The van der Waals surface area contributed by atoms with Crippen LogP contribution in [0.5, 0.6) is 0 Å². The van der Waals surface area contributed by atoms with Crippen molar-refractivity contribution in [2.45, 2.75) is 38.3 Å². The lowest BCUT2D eigenvalue weighted by molar-refractivity contribution is -0.133. The highest BCUT2D eigenvalue weighted by Crippen LogP contribution is 2.49. The highest BCUT2D eigenvalue weighted by atomic mass is 16.2. The number of anilines is 1. The van der Waals surface area contributed by atoms with E-state index in [0.717, 1.165) is 19.4 Å². The van der Waals surface area contributed by atoms with E-state index in [1.165, 1.54) is 0 Å². The second-order valence-corrected chi connectivity index (χ2v) is 8.26. The summed E-state index contributed by atoms with van der Waals surface area (Å²) >= 11 is 0. The van der Waals surface area contributed by atoms with Crippen LogP contribution in [0.3, 0.4) is 0 Å². The van der Waals surface area contributed by atoms with Gasteiger partial charge in [0, 0.05) is 57.6 Å². The molecular formula is C19H28N6O2. The first-order valence-electron chi connectivity index (χ1n) is 9.77.